The van der Waals surface area contributed by atoms with Gasteiger partial charge in [-0.2, -0.15) is 0 Å². The number of para-hydroxylation sites is 2. The van der Waals surface area contributed by atoms with Crippen LogP contribution in [-0.4, -0.2) is 25.2 Å². The van der Waals surface area contributed by atoms with E-state index in [0.717, 1.165) is 35.6 Å². The van der Waals surface area contributed by atoms with Crippen molar-refractivity contribution in [2.24, 2.45) is 0 Å². The second kappa shape index (κ2) is 8.59. The Morgan fingerprint density at radius 1 is 1.13 bits per heavy atom. The summed E-state index contributed by atoms with van der Waals surface area (Å²) in [5, 5.41) is 6.63. The number of nitrogens with one attached hydrogen (secondary N) is 1. The van der Waals surface area contributed by atoms with Gasteiger partial charge in [0.25, 0.3) is 0 Å². The lowest BCUT2D eigenvalue weighted by molar-refractivity contribution is 0.417. The van der Waals surface area contributed by atoms with E-state index in [4.69, 9.17) is 9.15 Å². The number of rotatable bonds is 7. The van der Waals surface area contributed by atoms with Crippen LogP contribution >= 0.6 is 11.3 Å². The van der Waals surface area contributed by atoms with Gasteiger partial charge in [-0.1, -0.05) is 12.1 Å². The maximum absolute atomic E-state index is 12.7. The van der Waals surface area contributed by atoms with Crippen molar-refractivity contribution in [1.82, 2.24) is 4.98 Å². The Bertz CT molecular complexity index is 1230. The highest BCUT2D eigenvalue weighted by Crippen LogP contribution is 2.31. The number of fused-ring (bicyclic) bond motifs is 1. The molecule has 0 aliphatic rings. The topological polar surface area (TPSA) is 67.6 Å². The fourth-order valence-corrected chi connectivity index (χ4v) is 4.10. The summed E-state index contributed by atoms with van der Waals surface area (Å²) in [6.07, 6.45) is 0. The van der Waals surface area contributed by atoms with Gasteiger partial charge in [0.15, 0.2) is 5.13 Å². The number of anilines is 3. The van der Waals surface area contributed by atoms with E-state index >= 15 is 0 Å². The van der Waals surface area contributed by atoms with E-state index in [1.54, 1.807) is 7.11 Å². The third-order valence-electron chi connectivity index (χ3n) is 4.98. The number of hydrogen-bond acceptors (Lipinski definition) is 7. The fraction of sp³-hybridized carbons (Fsp3) is 0.217. The van der Waals surface area contributed by atoms with Gasteiger partial charge in [0, 0.05) is 35.6 Å². The number of ether oxygens (including phenoxy) is 1. The Morgan fingerprint density at radius 3 is 2.70 bits per heavy atom. The molecule has 6 nitrogen and oxygen atoms in total. The molecule has 2 heterocycles. The van der Waals surface area contributed by atoms with Gasteiger partial charge in [0.1, 0.15) is 11.3 Å². The molecular formula is C23H23N3O3S. The molecule has 0 radical (unpaired) electrons. The molecule has 0 amide bonds. The lowest BCUT2D eigenvalue weighted by atomic mass is 10.1. The van der Waals surface area contributed by atoms with Crippen molar-refractivity contribution in [3.63, 3.8) is 0 Å². The van der Waals surface area contributed by atoms with Crippen LogP contribution in [-0.2, 0) is 0 Å². The van der Waals surface area contributed by atoms with Gasteiger partial charge in [-0.15, -0.1) is 11.3 Å². The third-order valence-corrected chi connectivity index (χ3v) is 5.73. The van der Waals surface area contributed by atoms with E-state index in [0.29, 0.717) is 22.0 Å². The number of benzene rings is 2. The highest BCUT2D eigenvalue weighted by molar-refractivity contribution is 7.14. The molecule has 7 heteroatoms. The van der Waals surface area contributed by atoms with Crippen molar-refractivity contribution in [1.29, 1.82) is 0 Å². The van der Waals surface area contributed by atoms with Gasteiger partial charge >= 0.3 is 5.63 Å². The smallest absolute Gasteiger partial charge is 0.345 e. The van der Waals surface area contributed by atoms with E-state index in [-0.39, 0.29) is 0 Å². The normalized spacial score (nSPS) is 10.9. The van der Waals surface area contributed by atoms with E-state index in [1.165, 1.54) is 11.3 Å². The van der Waals surface area contributed by atoms with Crippen molar-refractivity contribution in [2.75, 3.05) is 30.4 Å². The molecule has 4 aromatic rings. The van der Waals surface area contributed by atoms with Crippen LogP contribution in [0.4, 0.5) is 16.5 Å². The van der Waals surface area contributed by atoms with Crippen LogP contribution in [0.25, 0.3) is 22.2 Å². The molecule has 0 aliphatic heterocycles. The lowest BCUT2D eigenvalue weighted by Crippen LogP contribution is -2.21. The second-order valence-corrected chi connectivity index (χ2v) is 7.56. The molecule has 4 rings (SSSR count). The predicted molar refractivity (Wildman–Crippen MR) is 123 cm³/mol. The van der Waals surface area contributed by atoms with Crippen LogP contribution in [0.5, 0.6) is 5.75 Å². The molecule has 0 spiro atoms. The van der Waals surface area contributed by atoms with Crippen LogP contribution < -0.4 is 20.6 Å². The maximum atomic E-state index is 12.7. The Kier molecular flexibility index (Phi) is 5.72. The molecule has 0 bridgehead atoms. The molecule has 0 fully saturated rings. The first kappa shape index (κ1) is 20.0. The standard InChI is InChI=1S/C23H23N3O3S/c1-4-26(5-2)16-11-10-15-12-17(22(27)29-21(15)13-16)19-14-30-23(25-19)24-18-8-6-7-9-20(18)28-3/h6-14H,4-5H2,1-3H3,(H,24,25). The van der Waals surface area contributed by atoms with Crippen LogP contribution in [0.3, 0.4) is 0 Å². The summed E-state index contributed by atoms with van der Waals surface area (Å²) < 4.78 is 11.0. The van der Waals surface area contributed by atoms with Crippen LogP contribution in [0.1, 0.15) is 13.8 Å². The van der Waals surface area contributed by atoms with Crippen LogP contribution in [0, 0.1) is 0 Å². The Hall–Kier alpha value is -3.32. The molecule has 154 valence electrons. The zero-order valence-corrected chi connectivity index (χ0v) is 18.0. The largest absolute Gasteiger partial charge is 0.495 e. The summed E-state index contributed by atoms with van der Waals surface area (Å²) >= 11 is 1.42. The highest BCUT2D eigenvalue weighted by atomic mass is 32.1. The number of methoxy groups -OCH3 is 1. The Labute approximate surface area is 178 Å². The summed E-state index contributed by atoms with van der Waals surface area (Å²) in [7, 11) is 1.62. The van der Waals surface area contributed by atoms with Crippen molar-refractivity contribution in [2.45, 2.75) is 13.8 Å². The van der Waals surface area contributed by atoms with Crippen molar-refractivity contribution >= 4 is 38.8 Å². The molecule has 2 aromatic heterocycles. The van der Waals surface area contributed by atoms with Crippen molar-refractivity contribution in [3.05, 3.63) is 64.3 Å². The van der Waals surface area contributed by atoms with Gasteiger partial charge in [-0.3, -0.25) is 0 Å². The molecular weight excluding hydrogens is 398 g/mol. The minimum atomic E-state index is -0.395. The summed E-state index contributed by atoms with van der Waals surface area (Å²) in [4.78, 5) is 19.5. The molecule has 0 saturated heterocycles. The molecule has 1 N–H and O–H groups in total. The van der Waals surface area contributed by atoms with Gasteiger partial charge in [0.2, 0.25) is 0 Å². The molecule has 0 unspecified atom stereocenters. The predicted octanol–water partition coefficient (Wildman–Crippen LogP) is 5.51. The van der Waals surface area contributed by atoms with Crippen molar-refractivity contribution < 1.29 is 9.15 Å². The van der Waals surface area contributed by atoms with E-state index in [1.807, 2.05) is 47.8 Å². The van der Waals surface area contributed by atoms with Gasteiger partial charge in [-0.25, -0.2) is 9.78 Å². The Morgan fingerprint density at radius 2 is 1.93 bits per heavy atom. The molecule has 0 aliphatic carbocycles. The summed E-state index contributed by atoms with van der Waals surface area (Å²) in [6, 6.07) is 15.4. The number of hydrogen-bond donors (Lipinski definition) is 1. The first-order valence-electron chi connectivity index (χ1n) is 9.81. The molecule has 30 heavy (non-hydrogen) atoms. The average molecular weight is 422 g/mol. The third kappa shape index (κ3) is 3.89. The maximum Gasteiger partial charge on any atom is 0.345 e. The number of nitrogens with zero attached hydrogens (tertiary/aromatic N) is 2. The van der Waals surface area contributed by atoms with Crippen molar-refractivity contribution in [3.8, 4) is 17.0 Å². The van der Waals surface area contributed by atoms with Gasteiger partial charge in [-0.05, 0) is 44.2 Å². The fourth-order valence-electron chi connectivity index (χ4n) is 3.38. The lowest BCUT2D eigenvalue weighted by Gasteiger charge is -2.20. The molecule has 0 saturated carbocycles. The minimum Gasteiger partial charge on any atom is -0.495 e. The first-order valence-corrected chi connectivity index (χ1v) is 10.7. The minimum absolute atomic E-state index is 0.395. The summed E-state index contributed by atoms with van der Waals surface area (Å²) in [5.41, 5.74) is 3.07. The second-order valence-electron chi connectivity index (χ2n) is 6.71. The zero-order valence-electron chi connectivity index (χ0n) is 17.1. The molecule has 2 aromatic carbocycles. The Balaban J connectivity index is 1.66. The summed E-state index contributed by atoms with van der Waals surface area (Å²) in [5.74, 6) is 0.725. The number of thiazole rings is 1. The first-order chi connectivity index (χ1) is 14.6. The number of aromatic nitrogens is 1. The zero-order chi connectivity index (χ0) is 21.1. The SMILES string of the molecule is CCN(CC)c1ccc2cc(-c3csc(Nc4ccccc4OC)n3)c(=O)oc2c1. The van der Waals surface area contributed by atoms with E-state index in [9.17, 15) is 4.79 Å². The van der Waals surface area contributed by atoms with Crippen LogP contribution in [0.15, 0.2) is 63.1 Å². The van der Waals surface area contributed by atoms with Crippen LogP contribution in [0.2, 0.25) is 0 Å². The van der Waals surface area contributed by atoms with E-state index in [2.05, 4.69) is 35.1 Å². The average Bonchev–Trinajstić information content (AvgIpc) is 3.22. The van der Waals surface area contributed by atoms with Gasteiger partial charge in [0.05, 0.1) is 24.1 Å². The monoisotopic (exact) mass is 421 g/mol. The van der Waals surface area contributed by atoms with E-state index < -0.39 is 5.63 Å². The summed E-state index contributed by atoms with van der Waals surface area (Å²) in [6.45, 7) is 5.99. The quantitative estimate of drug-likeness (QED) is 0.397. The highest BCUT2D eigenvalue weighted by Gasteiger charge is 2.14. The van der Waals surface area contributed by atoms with Gasteiger partial charge < -0.3 is 19.4 Å². The molecule has 0 atom stereocenters.